The zero-order chi connectivity index (χ0) is 7.14. The van der Waals surface area contributed by atoms with Gasteiger partial charge in [0.15, 0.2) is 0 Å². The lowest BCUT2D eigenvalue weighted by Crippen LogP contribution is -2.32. The molecule has 58 valence electrons. The molecule has 0 saturated heterocycles. The van der Waals surface area contributed by atoms with E-state index in [2.05, 4.69) is 0 Å². The highest BCUT2D eigenvalue weighted by atomic mass is 16.3. The van der Waals surface area contributed by atoms with Gasteiger partial charge in [0.1, 0.15) is 0 Å². The Morgan fingerprint density at radius 3 is 1.90 bits per heavy atom. The molecule has 2 atom stereocenters. The molecule has 2 bridgehead atoms. The SMILES string of the molecule is OC1C[C@@H]2CC[C@@H](C1)C2O. The van der Waals surface area contributed by atoms with Crippen LogP contribution in [0.25, 0.3) is 0 Å². The van der Waals surface area contributed by atoms with E-state index in [-0.39, 0.29) is 12.2 Å². The lowest BCUT2D eigenvalue weighted by Gasteiger charge is -2.28. The van der Waals surface area contributed by atoms with Gasteiger partial charge in [0.25, 0.3) is 0 Å². The van der Waals surface area contributed by atoms with Gasteiger partial charge in [-0.25, -0.2) is 0 Å². The summed E-state index contributed by atoms with van der Waals surface area (Å²) in [6.07, 6.45) is 3.70. The Bertz CT molecular complexity index is 121. The highest BCUT2D eigenvalue weighted by molar-refractivity contribution is 4.91. The highest BCUT2D eigenvalue weighted by Gasteiger charge is 2.40. The first-order valence-electron chi connectivity index (χ1n) is 4.13. The molecule has 2 rings (SSSR count). The summed E-state index contributed by atoms with van der Waals surface area (Å²) in [5.74, 6) is 0.822. The van der Waals surface area contributed by atoms with Gasteiger partial charge < -0.3 is 10.2 Å². The third kappa shape index (κ3) is 0.867. The van der Waals surface area contributed by atoms with Crippen molar-refractivity contribution in [1.29, 1.82) is 0 Å². The second-order valence-electron chi connectivity index (χ2n) is 3.71. The number of hydrogen-bond acceptors (Lipinski definition) is 2. The monoisotopic (exact) mass is 142 g/mol. The van der Waals surface area contributed by atoms with Crippen molar-refractivity contribution in [3.8, 4) is 0 Å². The zero-order valence-electron chi connectivity index (χ0n) is 6.03. The van der Waals surface area contributed by atoms with Crippen LogP contribution in [0.15, 0.2) is 0 Å². The summed E-state index contributed by atoms with van der Waals surface area (Å²) < 4.78 is 0. The number of rotatable bonds is 0. The van der Waals surface area contributed by atoms with E-state index < -0.39 is 0 Å². The van der Waals surface area contributed by atoms with Gasteiger partial charge in [-0.15, -0.1) is 0 Å². The maximum absolute atomic E-state index is 9.52. The van der Waals surface area contributed by atoms with Crippen LogP contribution < -0.4 is 0 Å². The van der Waals surface area contributed by atoms with Gasteiger partial charge in [-0.2, -0.15) is 0 Å². The van der Waals surface area contributed by atoms with Crippen LogP contribution in [-0.4, -0.2) is 22.4 Å². The average Bonchev–Trinajstić information content (AvgIpc) is 2.20. The van der Waals surface area contributed by atoms with Gasteiger partial charge in [-0.1, -0.05) is 0 Å². The summed E-state index contributed by atoms with van der Waals surface area (Å²) >= 11 is 0. The molecule has 2 heteroatoms. The predicted octanol–water partition coefficient (Wildman–Crippen LogP) is 0.528. The Morgan fingerprint density at radius 2 is 1.40 bits per heavy atom. The number of aliphatic hydroxyl groups excluding tert-OH is 2. The van der Waals surface area contributed by atoms with Crippen molar-refractivity contribution < 1.29 is 10.2 Å². The molecule has 2 nitrogen and oxygen atoms in total. The maximum Gasteiger partial charge on any atom is 0.0598 e. The molecule has 0 radical (unpaired) electrons. The number of hydrogen-bond donors (Lipinski definition) is 2. The standard InChI is InChI=1S/C8H14O2/c9-7-3-5-1-2-6(4-7)8(5)10/h5-10H,1-4H2/t5-,6-,7?,8?/m0/s1. The summed E-state index contributed by atoms with van der Waals surface area (Å²) in [7, 11) is 0. The molecule has 0 unspecified atom stereocenters. The first-order valence-corrected chi connectivity index (χ1v) is 4.13. The summed E-state index contributed by atoms with van der Waals surface area (Å²) in [4.78, 5) is 0. The van der Waals surface area contributed by atoms with E-state index in [0.717, 1.165) is 25.7 Å². The van der Waals surface area contributed by atoms with Crippen LogP contribution in [0.5, 0.6) is 0 Å². The second-order valence-corrected chi connectivity index (χ2v) is 3.71. The van der Waals surface area contributed by atoms with Gasteiger partial charge in [0.2, 0.25) is 0 Å². The van der Waals surface area contributed by atoms with Gasteiger partial charge in [0, 0.05) is 0 Å². The fourth-order valence-electron chi connectivity index (χ4n) is 2.46. The van der Waals surface area contributed by atoms with E-state index in [4.69, 9.17) is 0 Å². The van der Waals surface area contributed by atoms with Crippen LogP contribution >= 0.6 is 0 Å². The summed E-state index contributed by atoms with van der Waals surface area (Å²) in [6.45, 7) is 0. The largest absolute Gasteiger partial charge is 0.393 e. The first-order chi connectivity index (χ1) is 4.77. The second kappa shape index (κ2) is 2.21. The lowest BCUT2D eigenvalue weighted by molar-refractivity contribution is -0.00184. The van der Waals surface area contributed by atoms with Gasteiger partial charge in [-0.05, 0) is 37.5 Å². The number of aliphatic hydroxyl groups is 2. The average molecular weight is 142 g/mol. The molecule has 2 N–H and O–H groups in total. The van der Waals surface area contributed by atoms with Crippen LogP contribution in [0.2, 0.25) is 0 Å². The Labute approximate surface area is 60.9 Å². The molecule has 0 aromatic heterocycles. The normalized spacial score (nSPS) is 53.4. The molecule has 0 aliphatic heterocycles. The maximum atomic E-state index is 9.52. The zero-order valence-corrected chi connectivity index (χ0v) is 6.03. The third-order valence-electron chi connectivity index (χ3n) is 3.02. The van der Waals surface area contributed by atoms with Crippen molar-refractivity contribution in [2.75, 3.05) is 0 Å². The van der Waals surface area contributed by atoms with Crippen LogP contribution in [-0.2, 0) is 0 Å². The van der Waals surface area contributed by atoms with E-state index >= 15 is 0 Å². The fourth-order valence-corrected chi connectivity index (χ4v) is 2.46. The fraction of sp³-hybridized carbons (Fsp3) is 1.00. The summed E-state index contributed by atoms with van der Waals surface area (Å²) in [6, 6.07) is 0. The van der Waals surface area contributed by atoms with Crippen LogP contribution in [0, 0.1) is 11.8 Å². The molecule has 0 aromatic carbocycles. The molecule has 2 saturated carbocycles. The van der Waals surface area contributed by atoms with E-state index in [0.29, 0.717) is 11.8 Å². The van der Waals surface area contributed by atoms with E-state index in [1.54, 1.807) is 0 Å². The van der Waals surface area contributed by atoms with Crippen molar-refractivity contribution in [3.63, 3.8) is 0 Å². The smallest absolute Gasteiger partial charge is 0.0598 e. The van der Waals surface area contributed by atoms with Crippen molar-refractivity contribution in [2.45, 2.75) is 37.9 Å². The summed E-state index contributed by atoms with van der Waals surface area (Å²) in [5, 5.41) is 18.8. The molecule has 10 heavy (non-hydrogen) atoms. The summed E-state index contributed by atoms with van der Waals surface area (Å²) in [5.41, 5.74) is 0. The minimum atomic E-state index is -0.124. The molecule has 0 amide bonds. The van der Waals surface area contributed by atoms with Gasteiger partial charge in [-0.3, -0.25) is 0 Å². The molecule has 2 fully saturated rings. The first kappa shape index (κ1) is 6.62. The van der Waals surface area contributed by atoms with Crippen molar-refractivity contribution in [3.05, 3.63) is 0 Å². The van der Waals surface area contributed by atoms with E-state index in [1.165, 1.54) is 0 Å². The molecule has 0 heterocycles. The molecule has 2 aliphatic rings. The van der Waals surface area contributed by atoms with Crippen molar-refractivity contribution >= 4 is 0 Å². The Hall–Kier alpha value is -0.0800. The quantitative estimate of drug-likeness (QED) is 0.518. The van der Waals surface area contributed by atoms with Gasteiger partial charge in [0.05, 0.1) is 12.2 Å². The van der Waals surface area contributed by atoms with Crippen LogP contribution in [0.3, 0.4) is 0 Å². The van der Waals surface area contributed by atoms with Gasteiger partial charge >= 0.3 is 0 Å². The minimum absolute atomic E-state index is 0.0941. The molecular weight excluding hydrogens is 128 g/mol. The third-order valence-corrected chi connectivity index (χ3v) is 3.02. The Balaban J connectivity index is 2.09. The molecule has 2 aliphatic carbocycles. The highest BCUT2D eigenvalue weighted by Crippen LogP contribution is 2.41. The topological polar surface area (TPSA) is 40.5 Å². The Morgan fingerprint density at radius 1 is 0.900 bits per heavy atom. The van der Waals surface area contributed by atoms with Crippen LogP contribution in [0.4, 0.5) is 0 Å². The number of fused-ring (bicyclic) bond motifs is 2. The Kier molecular flexibility index (Phi) is 1.46. The molecule has 0 spiro atoms. The van der Waals surface area contributed by atoms with E-state index in [9.17, 15) is 10.2 Å². The lowest BCUT2D eigenvalue weighted by atomic mass is 9.84. The van der Waals surface area contributed by atoms with Crippen molar-refractivity contribution in [1.82, 2.24) is 0 Å². The van der Waals surface area contributed by atoms with Crippen molar-refractivity contribution in [2.24, 2.45) is 11.8 Å². The molecular formula is C8H14O2. The van der Waals surface area contributed by atoms with Crippen LogP contribution in [0.1, 0.15) is 25.7 Å². The molecule has 0 aromatic rings. The van der Waals surface area contributed by atoms with E-state index in [1.807, 2.05) is 0 Å². The minimum Gasteiger partial charge on any atom is -0.393 e. The predicted molar refractivity (Wildman–Crippen MR) is 37.5 cm³/mol.